The van der Waals surface area contributed by atoms with E-state index in [9.17, 15) is 0 Å². The van der Waals surface area contributed by atoms with Crippen LogP contribution in [0.1, 0.15) is 45.7 Å². The molecular formula is C16H27NO2. The van der Waals surface area contributed by atoms with Crippen molar-refractivity contribution in [2.24, 2.45) is 0 Å². The highest BCUT2D eigenvalue weighted by atomic mass is 16.5. The van der Waals surface area contributed by atoms with E-state index in [-0.39, 0.29) is 5.60 Å². The number of methoxy groups -OCH3 is 1. The third kappa shape index (κ3) is 6.08. The Morgan fingerprint density at radius 2 is 1.89 bits per heavy atom. The van der Waals surface area contributed by atoms with Crippen LogP contribution in [0.5, 0.6) is 5.75 Å². The Morgan fingerprint density at radius 3 is 2.42 bits per heavy atom. The largest absolute Gasteiger partial charge is 0.496 e. The molecule has 1 aromatic carbocycles. The molecule has 0 aliphatic heterocycles. The van der Waals surface area contributed by atoms with Crippen LogP contribution in [-0.4, -0.2) is 18.8 Å². The minimum Gasteiger partial charge on any atom is -0.496 e. The van der Waals surface area contributed by atoms with Gasteiger partial charge in [0.2, 0.25) is 0 Å². The summed E-state index contributed by atoms with van der Waals surface area (Å²) < 4.78 is 11.2. The first-order valence-corrected chi connectivity index (χ1v) is 6.85. The van der Waals surface area contributed by atoms with E-state index in [0.717, 1.165) is 17.9 Å². The second kappa shape index (κ2) is 6.92. The fourth-order valence-electron chi connectivity index (χ4n) is 1.67. The van der Waals surface area contributed by atoms with Gasteiger partial charge in [0.05, 0.1) is 19.3 Å². The first-order valence-electron chi connectivity index (χ1n) is 6.85. The summed E-state index contributed by atoms with van der Waals surface area (Å²) in [4.78, 5) is 0. The smallest absolute Gasteiger partial charge is 0.124 e. The lowest BCUT2D eigenvalue weighted by Gasteiger charge is -2.21. The highest BCUT2D eigenvalue weighted by molar-refractivity contribution is 5.37. The molecule has 0 unspecified atom stereocenters. The summed E-state index contributed by atoms with van der Waals surface area (Å²) in [5.74, 6) is 0.887. The number of benzene rings is 1. The minimum absolute atomic E-state index is 0.142. The van der Waals surface area contributed by atoms with Crippen molar-refractivity contribution in [2.45, 2.75) is 59.4 Å². The monoisotopic (exact) mass is 265 g/mol. The van der Waals surface area contributed by atoms with Crippen molar-refractivity contribution in [3.63, 3.8) is 0 Å². The van der Waals surface area contributed by atoms with Gasteiger partial charge >= 0.3 is 0 Å². The van der Waals surface area contributed by atoms with Gasteiger partial charge in [0, 0.05) is 18.2 Å². The molecule has 0 radical (unpaired) electrons. The van der Waals surface area contributed by atoms with Crippen LogP contribution in [0.2, 0.25) is 0 Å². The Kier molecular flexibility index (Phi) is 5.83. The highest BCUT2D eigenvalue weighted by Gasteiger charge is 2.12. The van der Waals surface area contributed by atoms with Gasteiger partial charge in [-0.05, 0) is 38.5 Å². The predicted molar refractivity (Wildman–Crippen MR) is 79.5 cm³/mol. The van der Waals surface area contributed by atoms with Gasteiger partial charge in [0.15, 0.2) is 0 Å². The maximum absolute atomic E-state index is 5.84. The van der Waals surface area contributed by atoms with Gasteiger partial charge in [-0.25, -0.2) is 0 Å². The van der Waals surface area contributed by atoms with E-state index in [4.69, 9.17) is 9.47 Å². The van der Waals surface area contributed by atoms with Crippen LogP contribution < -0.4 is 10.1 Å². The van der Waals surface area contributed by atoms with E-state index in [0.29, 0.717) is 12.6 Å². The fraction of sp³-hybridized carbons (Fsp3) is 0.625. The highest BCUT2D eigenvalue weighted by Crippen LogP contribution is 2.23. The summed E-state index contributed by atoms with van der Waals surface area (Å²) >= 11 is 0. The molecule has 0 saturated carbocycles. The molecule has 0 atom stereocenters. The molecule has 0 spiro atoms. The standard InChI is InChI=1S/C16H27NO2/c1-12(2)17-10-13-7-8-15(18-6)14(9-13)11-19-16(3,4)5/h7-9,12,17H,10-11H2,1-6H3. The van der Waals surface area contributed by atoms with Crippen LogP contribution >= 0.6 is 0 Å². The lowest BCUT2D eigenvalue weighted by atomic mass is 10.1. The Balaban J connectivity index is 2.78. The van der Waals surface area contributed by atoms with Crippen LogP contribution in [0, 0.1) is 0 Å². The SMILES string of the molecule is COc1ccc(CNC(C)C)cc1COC(C)(C)C. The van der Waals surface area contributed by atoms with Crippen molar-refractivity contribution in [3.05, 3.63) is 29.3 Å². The topological polar surface area (TPSA) is 30.5 Å². The summed E-state index contributed by atoms with van der Waals surface area (Å²) in [7, 11) is 1.70. The Morgan fingerprint density at radius 1 is 1.21 bits per heavy atom. The average molecular weight is 265 g/mol. The predicted octanol–water partition coefficient (Wildman–Crippen LogP) is 3.51. The number of hydrogen-bond acceptors (Lipinski definition) is 3. The molecule has 108 valence electrons. The summed E-state index contributed by atoms with van der Waals surface area (Å²) in [6.07, 6.45) is 0. The number of hydrogen-bond donors (Lipinski definition) is 1. The van der Waals surface area contributed by atoms with Gasteiger partial charge in [0.25, 0.3) is 0 Å². The zero-order valence-corrected chi connectivity index (χ0v) is 13.0. The molecule has 0 aromatic heterocycles. The average Bonchev–Trinajstić information content (AvgIpc) is 2.33. The summed E-state index contributed by atoms with van der Waals surface area (Å²) in [6, 6.07) is 6.74. The molecule has 0 fully saturated rings. The van der Waals surface area contributed by atoms with E-state index in [1.807, 2.05) is 6.07 Å². The molecule has 0 aliphatic carbocycles. The number of rotatable bonds is 6. The molecule has 1 rings (SSSR count). The zero-order valence-electron chi connectivity index (χ0n) is 13.0. The van der Waals surface area contributed by atoms with Crippen molar-refractivity contribution in [2.75, 3.05) is 7.11 Å². The first kappa shape index (κ1) is 16.0. The molecule has 0 bridgehead atoms. The van der Waals surface area contributed by atoms with Crippen LogP contribution in [0.15, 0.2) is 18.2 Å². The van der Waals surface area contributed by atoms with Gasteiger partial charge in [-0.2, -0.15) is 0 Å². The lowest BCUT2D eigenvalue weighted by Crippen LogP contribution is -2.22. The van der Waals surface area contributed by atoms with Crippen LogP contribution in [0.4, 0.5) is 0 Å². The number of nitrogens with one attached hydrogen (secondary N) is 1. The second-order valence-corrected chi connectivity index (χ2v) is 6.08. The zero-order chi connectivity index (χ0) is 14.5. The van der Waals surface area contributed by atoms with Crippen molar-refractivity contribution < 1.29 is 9.47 Å². The van der Waals surface area contributed by atoms with E-state index in [1.165, 1.54) is 5.56 Å². The molecule has 19 heavy (non-hydrogen) atoms. The van der Waals surface area contributed by atoms with Gasteiger partial charge in [-0.1, -0.05) is 19.9 Å². The van der Waals surface area contributed by atoms with Crippen molar-refractivity contribution >= 4 is 0 Å². The van der Waals surface area contributed by atoms with Crippen molar-refractivity contribution in [1.82, 2.24) is 5.32 Å². The van der Waals surface area contributed by atoms with E-state index in [1.54, 1.807) is 7.11 Å². The minimum atomic E-state index is -0.142. The molecular weight excluding hydrogens is 238 g/mol. The van der Waals surface area contributed by atoms with E-state index in [2.05, 4.69) is 52.1 Å². The molecule has 1 aromatic rings. The fourth-order valence-corrected chi connectivity index (χ4v) is 1.67. The van der Waals surface area contributed by atoms with Crippen LogP contribution in [0.3, 0.4) is 0 Å². The third-order valence-electron chi connectivity index (χ3n) is 2.72. The number of ether oxygens (including phenoxy) is 2. The Bertz CT molecular complexity index is 394. The summed E-state index contributed by atoms with van der Waals surface area (Å²) in [5, 5.41) is 3.42. The molecule has 3 nitrogen and oxygen atoms in total. The van der Waals surface area contributed by atoms with Gasteiger partial charge < -0.3 is 14.8 Å². The summed E-state index contributed by atoms with van der Waals surface area (Å²) in [5.41, 5.74) is 2.21. The lowest BCUT2D eigenvalue weighted by molar-refractivity contribution is -0.0156. The maximum atomic E-state index is 5.84. The van der Waals surface area contributed by atoms with Crippen molar-refractivity contribution in [3.8, 4) is 5.75 Å². The molecule has 3 heteroatoms. The third-order valence-corrected chi connectivity index (χ3v) is 2.72. The summed E-state index contributed by atoms with van der Waals surface area (Å²) in [6.45, 7) is 11.9. The molecule has 0 aliphatic rings. The van der Waals surface area contributed by atoms with Crippen molar-refractivity contribution in [1.29, 1.82) is 0 Å². The van der Waals surface area contributed by atoms with Gasteiger partial charge in [0.1, 0.15) is 5.75 Å². The molecule has 0 saturated heterocycles. The molecule has 0 amide bonds. The Labute approximate surface area is 117 Å². The first-order chi connectivity index (χ1) is 8.81. The Hall–Kier alpha value is -1.06. The quantitative estimate of drug-likeness (QED) is 0.854. The van der Waals surface area contributed by atoms with Gasteiger partial charge in [-0.3, -0.25) is 0 Å². The van der Waals surface area contributed by atoms with Gasteiger partial charge in [-0.15, -0.1) is 0 Å². The molecule has 1 N–H and O–H groups in total. The molecule has 0 heterocycles. The van der Waals surface area contributed by atoms with E-state index < -0.39 is 0 Å². The van der Waals surface area contributed by atoms with Crippen LogP contribution in [-0.2, 0) is 17.9 Å². The maximum Gasteiger partial charge on any atom is 0.124 e. The van der Waals surface area contributed by atoms with E-state index >= 15 is 0 Å². The second-order valence-electron chi connectivity index (χ2n) is 6.08. The van der Waals surface area contributed by atoms with Crippen LogP contribution in [0.25, 0.3) is 0 Å². The normalized spacial score (nSPS) is 11.9.